The topological polar surface area (TPSA) is 84.7 Å². The Morgan fingerprint density at radius 1 is 1.09 bits per heavy atom. The van der Waals surface area contributed by atoms with Gasteiger partial charge in [0.2, 0.25) is 5.88 Å². The van der Waals surface area contributed by atoms with E-state index < -0.39 is 11.4 Å². The number of ether oxygens (including phenoxy) is 3. The molecule has 3 heterocycles. The van der Waals surface area contributed by atoms with Crippen LogP contribution >= 0.6 is 0 Å². The predicted octanol–water partition coefficient (Wildman–Crippen LogP) is 4.73. The van der Waals surface area contributed by atoms with Crippen molar-refractivity contribution in [3.8, 4) is 11.9 Å². The smallest absolute Gasteiger partial charge is 0.410 e. The third-order valence-corrected chi connectivity index (χ3v) is 6.52. The molecular weight excluding hydrogens is 413 g/mol. The first-order valence-electron chi connectivity index (χ1n) is 11.6. The molecule has 3 aliphatic rings. The van der Waals surface area contributed by atoms with Crippen molar-refractivity contribution in [3.63, 3.8) is 0 Å². The number of amides is 1. The average molecular weight is 446 g/mol. The van der Waals surface area contributed by atoms with Gasteiger partial charge in [-0.15, -0.1) is 0 Å². The molecule has 4 rings (SSSR count). The summed E-state index contributed by atoms with van der Waals surface area (Å²) in [5, 5.41) is 9.16. The Balaban J connectivity index is 1.25. The van der Waals surface area contributed by atoms with Crippen molar-refractivity contribution in [2.24, 2.45) is 0 Å². The lowest BCUT2D eigenvalue weighted by atomic mass is 9.93. The molecule has 1 aromatic heterocycles. The third kappa shape index (κ3) is 5.32. The zero-order valence-corrected chi connectivity index (χ0v) is 19.1. The predicted molar refractivity (Wildman–Crippen MR) is 115 cm³/mol. The zero-order chi connectivity index (χ0) is 22.9. The second-order valence-electron chi connectivity index (χ2n) is 10.1. The van der Waals surface area contributed by atoms with E-state index in [1.54, 1.807) is 0 Å². The highest BCUT2D eigenvalue weighted by Crippen LogP contribution is 2.39. The molecule has 1 aliphatic carbocycles. The van der Waals surface area contributed by atoms with Crippen molar-refractivity contribution < 1.29 is 23.4 Å². The molecule has 0 N–H and O–H groups in total. The fourth-order valence-electron chi connectivity index (χ4n) is 5.17. The van der Waals surface area contributed by atoms with Gasteiger partial charge in [-0.25, -0.2) is 14.2 Å². The number of piperidine rings is 1. The first-order valence-corrected chi connectivity index (χ1v) is 11.6. The van der Waals surface area contributed by atoms with Crippen molar-refractivity contribution in [2.75, 3.05) is 0 Å². The lowest BCUT2D eigenvalue weighted by Gasteiger charge is -2.41. The first-order chi connectivity index (χ1) is 15.2. The van der Waals surface area contributed by atoms with Crippen molar-refractivity contribution in [1.82, 2.24) is 9.88 Å². The highest BCUT2D eigenvalue weighted by molar-refractivity contribution is 5.69. The number of hydrogen-bond acceptors (Lipinski definition) is 6. The SMILES string of the molecule is CC(C)(C)OC(=O)N1[C@H]2CC[C@H]1CC(OC1CCC(Oc3ncc(F)cc3C#N)CC1)C2. The lowest BCUT2D eigenvalue weighted by Crippen LogP contribution is -2.50. The minimum absolute atomic E-state index is 0.0508. The van der Waals surface area contributed by atoms with Crippen LogP contribution in [0.2, 0.25) is 0 Å². The number of rotatable bonds is 4. The number of aromatic nitrogens is 1. The summed E-state index contributed by atoms with van der Waals surface area (Å²) >= 11 is 0. The Kier molecular flexibility index (Phi) is 6.57. The molecule has 1 amide bonds. The first kappa shape index (κ1) is 22.8. The van der Waals surface area contributed by atoms with Crippen LogP contribution < -0.4 is 4.74 Å². The van der Waals surface area contributed by atoms with Crippen LogP contribution in [0, 0.1) is 17.1 Å². The van der Waals surface area contributed by atoms with Gasteiger partial charge in [0.05, 0.1) is 18.4 Å². The van der Waals surface area contributed by atoms with Gasteiger partial charge in [-0.05, 0) is 78.2 Å². The van der Waals surface area contributed by atoms with E-state index >= 15 is 0 Å². The Hall–Kier alpha value is -2.40. The van der Waals surface area contributed by atoms with E-state index in [0.29, 0.717) is 0 Å². The molecule has 2 bridgehead atoms. The van der Waals surface area contributed by atoms with Crippen LogP contribution in [0.4, 0.5) is 9.18 Å². The van der Waals surface area contributed by atoms with Crippen LogP contribution in [-0.4, -0.2) is 52.0 Å². The number of fused-ring (bicyclic) bond motifs is 2. The zero-order valence-electron chi connectivity index (χ0n) is 19.1. The summed E-state index contributed by atoms with van der Waals surface area (Å²) in [6.07, 6.45) is 8.24. The Labute approximate surface area is 188 Å². The van der Waals surface area contributed by atoms with Gasteiger partial charge in [0.15, 0.2) is 0 Å². The Morgan fingerprint density at radius 3 is 2.31 bits per heavy atom. The summed E-state index contributed by atoms with van der Waals surface area (Å²) in [6.45, 7) is 5.70. The number of pyridine rings is 1. The third-order valence-electron chi connectivity index (χ3n) is 6.52. The number of hydrogen-bond donors (Lipinski definition) is 0. The van der Waals surface area contributed by atoms with Crippen molar-refractivity contribution >= 4 is 6.09 Å². The van der Waals surface area contributed by atoms with Crippen LogP contribution in [0.15, 0.2) is 12.3 Å². The van der Waals surface area contributed by atoms with E-state index in [-0.39, 0.29) is 47.9 Å². The quantitative estimate of drug-likeness (QED) is 0.666. The van der Waals surface area contributed by atoms with E-state index in [2.05, 4.69) is 4.98 Å². The van der Waals surface area contributed by atoms with Crippen LogP contribution in [0.5, 0.6) is 5.88 Å². The van der Waals surface area contributed by atoms with Crippen LogP contribution in [0.3, 0.4) is 0 Å². The van der Waals surface area contributed by atoms with Crippen LogP contribution in [-0.2, 0) is 9.47 Å². The summed E-state index contributed by atoms with van der Waals surface area (Å²) in [5.41, 5.74) is -0.363. The highest BCUT2D eigenvalue weighted by atomic mass is 19.1. The molecule has 0 spiro atoms. The summed E-state index contributed by atoms with van der Waals surface area (Å²) in [7, 11) is 0. The second kappa shape index (κ2) is 9.22. The van der Waals surface area contributed by atoms with Gasteiger partial charge in [-0.1, -0.05) is 0 Å². The Bertz CT molecular complexity index is 859. The van der Waals surface area contributed by atoms with Crippen LogP contribution in [0.1, 0.15) is 77.7 Å². The van der Waals surface area contributed by atoms with E-state index in [4.69, 9.17) is 19.5 Å². The van der Waals surface area contributed by atoms with Gasteiger partial charge in [-0.2, -0.15) is 5.26 Å². The van der Waals surface area contributed by atoms with E-state index in [1.807, 2.05) is 31.7 Å². The average Bonchev–Trinajstić information content (AvgIpc) is 3.00. The van der Waals surface area contributed by atoms with Crippen molar-refractivity contribution in [3.05, 3.63) is 23.6 Å². The van der Waals surface area contributed by atoms with E-state index in [0.717, 1.165) is 63.6 Å². The Morgan fingerprint density at radius 2 is 1.72 bits per heavy atom. The molecular formula is C24H32FN3O4. The van der Waals surface area contributed by atoms with Crippen LogP contribution in [0.25, 0.3) is 0 Å². The molecule has 2 aliphatic heterocycles. The molecule has 0 unspecified atom stereocenters. The molecule has 2 atom stereocenters. The summed E-state index contributed by atoms with van der Waals surface area (Å²) in [4.78, 5) is 18.5. The van der Waals surface area contributed by atoms with Gasteiger partial charge in [0.1, 0.15) is 29.2 Å². The number of halogens is 1. The fourth-order valence-corrected chi connectivity index (χ4v) is 5.17. The maximum Gasteiger partial charge on any atom is 0.410 e. The van der Waals surface area contributed by atoms with Gasteiger partial charge in [-0.3, -0.25) is 0 Å². The molecule has 174 valence electrons. The van der Waals surface area contributed by atoms with E-state index in [9.17, 15) is 9.18 Å². The number of carbonyl (C=O) groups excluding carboxylic acids is 1. The van der Waals surface area contributed by atoms with Gasteiger partial charge < -0.3 is 19.1 Å². The molecule has 32 heavy (non-hydrogen) atoms. The van der Waals surface area contributed by atoms with Gasteiger partial charge in [0.25, 0.3) is 0 Å². The summed E-state index contributed by atoms with van der Waals surface area (Å²) < 4.78 is 31.2. The number of nitriles is 1. The largest absolute Gasteiger partial charge is 0.473 e. The normalized spacial score (nSPS) is 30.0. The van der Waals surface area contributed by atoms with Crippen molar-refractivity contribution in [2.45, 2.75) is 108 Å². The van der Waals surface area contributed by atoms with E-state index in [1.165, 1.54) is 0 Å². The summed E-state index contributed by atoms with van der Waals surface area (Å²) in [5.74, 6) is -0.345. The monoisotopic (exact) mass is 445 g/mol. The fraction of sp³-hybridized carbons (Fsp3) is 0.708. The number of nitrogens with zero attached hydrogens (tertiary/aromatic N) is 3. The van der Waals surface area contributed by atoms with Gasteiger partial charge >= 0.3 is 6.09 Å². The second-order valence-corrected chi connectivity index (χ2v) is 10.1. The molecule has 7 nitrogen and oxygen atoms in total. The maximum absolute atomic E-state index is 13.3. The number of carbonyl (C=O) groups is 1. The molecule has 0 aromatic carbocycles. The molecule has 0 radical (unpaired) electrons. The standard InChI is InChI=1S/C24H32FN3O4/c1-24(2,3)32-23(29)28-17-4-5-18(28)12-21(11-17)30-19-6-8-20(9-7-19)31-22-15(13-26)10-16(25)14-27-22/h10,14,17-21H,4-9,11-12H2,1-3H3/t17-,18-,19?,20?/m0/s1. The van der Waals surface area contributed by atoms with Crippen molar-refractivity contribution in [1.29, 1.82) is 5.26 Å². The molecule has 3 fully saturated rings. The lowest BCUT2D eigenvalue weighted by molar-refractivity contribution is -0.0814. The molecule has 8 heteroatoms. The molecule has 1 saturated carbocycles. The minimum Gasteiger partial charge on any atom is -0.473 e. The van der Waals surface area contributed by atoms with Gasteiger partial charge in [0, 0.05) is 12.1 Å². The molecule has 2 saturated heterocycles. The molecule has 1 aromatic rings. The maximum atomic E-state index is 13.3. The highest BCUT2D eigenvalue weighted by Gasteiger charge is 2.45. The summed E-state index contributed by atoms with van der Waals surface area (Å²) in [6, 6.07) is 3.48. The minimum atomic E-state index is -0.544.